The molecule has 0 aliphatic carbocycles. The van der Waals surface area contributed by atoms with Crippen LogP contribution < -0.4 is 10.6 Å². The highest BCUT2D eigenvalue weighted by Gasteiger charge is 2.47. The minimum Gasteiger partial charge on any atom is -0.444 e. The summed E-state index contributed by atoms with van der Waals surface area (Å²) in [5.74, 6) is 0. The molecule has 1 rings (SSSR count). The quantitative estimate of drug-likeness (QED) is 0.639. The molecule has 3 atom stereocenters. The summed E-state index contributed by atoms with van der Waals surface area (Å²) >= 11 is 0. The van der Waals surface area contributed by atoms with Gasteiger partial charge in [0.2, 0.25) is 0 Å². The van der Waals surface area contributed by atoms with E-state index in [0.29, 0.717) is 0 Å². The van der Waals surface area contributed by atoms with Gasteiger partial charge >= 0.3 is 18.3 Å². The molecule has 2 N–H and O–H groups in total. The monoisotopic (exact) mass is 445 g/mol. The normalized spacial score (nSPS) is 22.0. The van der Waals surface area contributed by atoms with E-state index in [2.05, 4.69) is 10.6 Å². The molecule has 10 nitrogen and oxygen atoms in total. The van der Waals surface area contributed by atoms with Crippen molar-refractivity contribution in [1.82, 2.24) is 15.5 Å². The van der Waals surface area contributed by atoms with Gasteiger partial charge < -0.3 is 29.6 Å². The molecule has 1 aliphatic rings. The Labute approximate surface area is 185 Å². The van der Waals surface area contributed by atoms with E-state index in [1.807, 2.05) is 0 Å². The second-order valence-corrected chi connectivity index (χ2v) is 10.5. The van der Waals surface area contributed by atoms with Crippen molar-refractivity contribution in [3.05, 3.63) is 0 Å². The van der Waals surface area contributed by atoms with Gasteiger partial charge in [0.1, 0.15) is 16.8 Å². The second-order valence-electron chi connectivity index (χ2n) is 10.5. The molecule has 1 aliphatic heterocycles. The SMILES string of the molecule is COC1CN(C(=O)OC(C)(C)C)C(CNC(=O)OC(C)(C)C)C1NC(=O)OC(C)(C)C. The largest absolute Gasteiger partial charge is 0.444 e. The molecule has 10 heteroatoms. The van der Waals surface area contributed by atoms with Gasteiger partial charge in [-0.2, -0.15) is 0 Å². The summed E-state index contributed by atoms with van der Waals surface area (Å²) in [4.78, 5) is 38.9. The molecule has 1 saturated heterocycles. The van der Waals surface area contributed by atoms with Gasteiger partial charge in [-0.05, 0) is 62.3 Å². The van der Waals surface area contributed by atoms with Crippen LogP contribution in [0, 0.1) is 0 Å². The highest BCUT2D eigenvalue weighted by molar-refractivity contribution is 5.72. The maximum atomic E-state index is 12.8. The number of methoxy groups -OCH3 is 1. The van der Waals surface area contributed by atoms with Gasteiger partial charge in [0.25, 0.3) is 0 Å². The molecule has 180 valence electrons. The van der Waals surface area contributed by atoms with Crippen molar-refractivity contribution >= 4 is 18.3 Å². The maximum absolute atomic E-state index is 12.8. The molecule has 1 heterocycles. The average Bonchev–Trinajstić information content (AvgIpc) is 2.85. The van der Waals surface area contributed by atoms with Crippen molar-refractivity contribution in [3.63, 3.8) is 0 Å². The summed E-state index contributed by atoms with van der Waals surface area (Å²) in [5, 5.41) is 5.45. The summed E-state index contributed by atoms with van der Waals surface area (Å²) in [5.41, 5.74) is -2.08. The first kappa shape index (κ1) is 26.8. The Kier molecular flexibility index (Phi) is 8.59. The predicted molar refractivity (Wildman–Crippen MR) is 115 cm³/mol. The third-order valence-corrected chi connectivity index (χ3v) is 4.06. The Balaban J connectivity index is 3.06. The molecule has 0 bridgehead atoms. The molecule has 31 heavy (non-hydrogen) atoms. The van der Waals surface area contributed by atoms with E-state index in [0.717, 1.165) is 0 Å². The van der Waals surface area contributed by atoms with Crippen LogP contribution in [0.5, 0.6) is 0 Å². The van der Waals surface area contributed by atoms with Crippen LogP contribution in [0.4, 0.5) is 14.4 Å². The average molecular weight is 446 g/mol. The summed E-state index contributed by atoms with van der Waals surface area (Å²) in [6.07, 6.45) is -2.37. The van der Waals surface area contributed by atoms with E-state index < -0.39 is 53.3 Å². The van der Waals surface area contributed by atoms with Crippen molar-refractivity contribution in [2.75, 3.05) is 20.2 Å². The summed E-state index contributed by atoms with van der Waals surface area (Å²) < 4.78 is 21.7. The van der Waals surface area contributed by atoms with E-state index in [-0.39, 0.29) is 13.1 Å². The number of alkyl carbamates (subject to hydrolysis) is 2. The lowest BCUT2D eigenvalue weighted by molar-refractivity contribution is 0.0180. The van der Waals surface area contributed by atoms with Crippen LogP contribution in [0.1, 0.15) is 62.3 Å². The van der Waals surface area contributed by atoms with Crippen LogP contribution in [0.3, 0.4) is 0 Å². The first-order chi connectivity index (χ1) is 13.9. The van der Waals surface area contributed by atoms with Crippen LogP contribution in [-0.2, 0) is 18.9 Å². The molecule has 3 amide bonds. The Morgan fingerprint density at radius 1 is 0.839 bits per heavy atom. The van der Waals surface area contributed by atoms with Crippen LogP contribution in [0.2, 0.25) is 0 Å². The number of amides is 3. The molecule has 0 aromatic rings. The minimum atomic E-state index is -0.709. The number of rotatable bonds is 4. The van der Waals surface area contributed by atoms with Crippen molar-refractivity contribution in [1.29, 1.82) is 0 Å². The molecular formula is C21H39N3O7. The van der Waals surface area contributed by atoms with Crippen molar-refractivity contribution in [3.8, 4) is 0 Å². The van der Waals surface area contributed by atoms with Crippen molar-refractivity contribution in [2.24, 2.45) is 0 Å². The highest BCUT2D eigenvalue weighted by Crippen LogP contribution is 2.24. The summed E-state index contributed by atoms with van der Waals surface area (Å²) in [6, 6.07) is -1.28. The van der Waals surface area contributed by atoms with Gasteiger partial charge in [-0.15, -0.1) is 0 Å². The Morgan fingerprint density at radius 2 is 1.32 bits per heavy atom. The van der Waals surface area contributed by atoms with E-state index in [4.69, 9.17) is 18.9 Å². The van der Waals surface area contributed by atoms with E-state index in [1.54, 1.807) is 62.3 Å². The Bertz CT molecular complexity index is 647. The fraction of sp³-hybridized carbons (Fsp3) is 0.857. The zero-order chi connectivity index (χ0) is 24.2. The Morgan fingerprint density at radius 3 is 1.77 bits per heavy atom. The van der Waals surface area contributed by atoms with Gasteiger partial charge in [0.05, 0.1) is 24.7 Å². The standard InChI is InChI=1S/C21H39N3O7/c1-19(2,3)29-16(25)22-11-13-15(23-17(26)30-20(4,5)6)14(28-10)12-24(13)18(27)31-21(7,8)9/h13-15H,11-12H2,1-10H3,(H,22,25)(H,23,26). The number of ether oxygens (including phenoxy) is 4. The van der Waals surface area contributed by atoms with Crippen LogP contribution in [-0.4, -0.2) is 78.4 Å². The van der Waals surface area contributed by atoms with Crippen LogP contribution >= 0.6 is 0 Å². The van der Waals surface area contributed by atoms with E-state index in [9.17, 15) is 14.4 Å². The minimum absolute atomic E-state index is 0.0223. The van der Waals surface area contributed by atoms with Gasteiger partial charge in [0.15, 0.2) is 0 Å². The number of likely N-dealkylation sites (tertiary alicyclic amines) is 1. The number of nitrogens with zero attached hydrogens (tertiary/aromatic N) is 1. The van der Waals surface area contributed by atoms with E-state index >= 15 is 0 Å². The number of hydrogen-bond donors (Lipinski definition) is 2. The molecule has 1 fully saturated rings. The summed E-state index contributed by atoms with van der Waals surface area (Å²) in [6.45, 7) is 16.0. The second kappa shape index (κ2) is 9.93. The zero-order valence-electron chi connectivity index (χ0n) is 20.5. The van der Waals surface area contributed by atoms with Crippen LogP contribution in [0.25, 0.3) is 0 Å². The van der Waals surface area contributed by atoms with Gasteiger partial charge in [-0.1, -0.05) is 0 Å². The topological polar surface area (TPSA) is 115 Å². The smallest absolute Gasteiger partial charge is 0.410 e. The van der Waals surface area contributed by atoms with Gasteiger partial charge in [0, 0.05) is 13.7 Å². The molecule has 0 aromatic heterocycles. The van der Waals surface area contributed by atoms with Crippen molar-refractivity contribution < 1.29 is 33.3 Å². The molecule has 0 saturated carbocycles. The predicted octanol–water partition coefficient (Wildman–Crippen LogP) is 3.04. The van der Waals surface area contributed by atoms with Gasteiger partial charge in [-0.25, -0.2) is 14.4 Å². The molecule has 0 aromatic carbocycles. The molecule has 3 unspecified atom stereocenters. The lowest BCUT2D eigenvalue weighted by atomic mass is 10.1. The lowest BCUT2D eigenvalue weighted by Gasteiger charge is -2.31. The fourth-order valence-corrected chi connectivity index (χ4v) is 3.01. The maximum Gasteiger partial charge on any atom is 0.410 e. The highest BCUT2D eigenvalue weighted by atomic mass is 16.6. The first-order valence-corrected chi connectivity index (χ1v) is 10.4. The molecule has 0 spiro atoms. The molecule has 0 radical (unpaired) electrons. The lowest BCUT2D eigenvalue weighted by Crippen LogP contribution is -2.55. The fourth-order valence-electron chi connectivity index (χ4n) is 3.01. The first-order valence-electron chi connectivity index (χ1n) is 10.4. The zero-order valence-corrected chi connectivity index (χ0v) is 20.5. The van der Waals surface area contributed by atoms with Crippen LogP contribution in [0.15, 0.2) is 0 Å². The van der Waals surface area contributed by atoms with Gasteiger partial charge in [-0.3, -0.25) is 4.90 Å². The van der Waals surface area contributed by atoms with Crippen molar-refractivity contribution in [2.45, 2.75) is 97.3 Å². The van der Waals surface area contributed by atoms with E-state index in [1.165, 1.54) is 12.0 Å². The Hall–Kier alpha value is -2.23. The third kappa shape index (κ3) is 9.63. The third-order valence-electron chi connectivity index (χ3n) is 4.06. The number of hydrogen-bond acceptors (Lipinski definition) is 7. The number of carbonyl (C=O) groups excluding carboxylic acids is 3. The molecular weight excluding hydrogens is 406 g/mol. The summed E-state index contributed by atoms with van der Waals surface area (Å²) in [7, 11) is 1.49. The number of carbonyl (C=O) groups is 3. The number of nitrogens with one attached hydrogen (secondary N) is 2.